The van der Waals surface area contributed by atoms with E-state index in [2.05, 4.69) is 180 Å². The Labute approximate surface area is 820 Å². The number of carbonyl (C=O) groups excluding carboxylic acids is 1. The van der Waals surface area contributed by atoms with Crippen molar-refractivity contribution in [3.05, 3.63) is 244 Å². The second-order valence-electron chi connectivity index (χ2n) is 37.2. The number of nitrogens with zero attached hydrogens (tertiary/aromatic N) is 19. The molecule has 1 saturated heterocycles. The summed E-state index contributed by atoms with van der Waals surface area (Å²) in [6, 6.07) is 49.3. The molecule has 142 heavy (non-hydrogen) atoms. The number of morpholine rings is 1. The van der Waals surface area contributed by atoms with Crippen LogP contribution in [0.3, 0.4) is 0 Å². The summed E-state index contributed by atoms with van der Waals surface area (Å²) in [7, 11) is 0. The number of rotatable bonds is 33. The number of carbonyl (C=O) groups is 5. The monoisotopic (exact) mass is 1930 g/mol. The van der Waals surface area contributed by atoms with Crippen molar-refractivity contribution in [1.82, 2.24) is 78.1 Å². The normalized spacial score (nSPS) is 14.9. The van der Waals surface area contributed by atoms with Gasteiger partial charge in [0.25, 0.3) is 17.4 Å². The third-order valence-corrected chi connectivity index (χ3v) is 25.7. The molecule has 5 fully saturated rings. The number of anilines is 6. The Balaban J connectivity index is 0.000000137. The molecule has 6 aromatic carbocycles. The van der Waals surface area contributed by atoms with Crippen LogP contribution in [0.2, 0.25) is 0 Å². The van der Waals surface area contributed by atoms with Crippen molar-refractivity contribution in [3.8, 4) is 23.3 Å². The van der Waals surface area contributed by atoms with Crippen LogP contribution in [-0.2, 0) is 81.0 Å². The number of imidazole rings is 4. The van der Waals surface area contributed by atoms with Crippen LogP contribution < -0.4 is 40.5 Å². The average molecular weight is 1930 g/mol. The van der Waals surface area contributed by atoms with Crippen molar-refractivity contribution in [3.63, 3.8) is 0 Å². The number of fused-ring (bicyclic) bond motifs is 4. The van der Waals surface area contributed by atoms with Gasteiger partial charge in [0, 0.05) is 51.4 Å². The molecule has 5 aliphatic rings. The highest BCUT2D eigenvalue weighted by Gasteiger charge is 2.32. The van der Waals surface area contributed by atoms with E-state index in [1.165, 1.54) is 223 Å². The van der Waals surface area contributed by atoms with Gasteiger partial charge in [0.05, 0.1) is 50.0 Å². The molecule has 4 aliphatic carbocycles. The Bertz CT molecular complexity index is 6660. The zero-order chi connectivity index (χ0) is 99.0. The lowest BCUT2D eigenvalue weighted by Crippen LogP contribution is -2.39. The molecule has 0 bridgehead atoms. The standard InChI is InChI=1S/C29H38N6O5.C26H26N6O5.C26H27N5O3.C23H28N6O2/c1-29(2,3)40-28(38)35(17-20-9-11-22(12-10-20)21-7-5-4-6-8-21)27-31-25(33-13-15-39-16-14-33)24-26(32-27)34(19-30-24)18-23(36)37;33-22(34)15-31-16-28-23-24(31)29-26(30-25(23)37-21-12-10-20(11-13-21)32(35)36)27-14-17-6-8-19(9-7-17)18-4-2-1-3-5-18;32-22(33)16-31-17-28-23-24(31)29-26(30-25(23)34-21-9-5-2-6-10-21)27-15-18-11-13-20(14-12-18)19-7-3-1-4-8-19;1-2-12-24-21-20-22(29(15-26-20)14-19(30)31)28-23(27-21)25-13-16-8-10-18(11-9-16)17-6-4-3-5-7-17/h9-12,19,21H,4-8,13-18H2,1-3H3,(H,36,37);6-13,16,18H,1-5,14-15H2,(H,33,34)(H,27,29,30);2,5-6,9-14,17,19H,1,3-4,7-8,15-16H2,(H,32,33)(H,27,29,30);2,8-11,15,17H,1,3-7,12-14H2,(H,30,31)(H2,24,25,27,28). The Kier molecular flexibility index (Phi) is 33.1. The molecule has 740 valence electrons. The number of para-hydroxylation sites is 1. The molecule has 8 aromatic heterocycles. The topological polar surface area (TPSA) is 475 Å². The van der Waals surface area contributed by atoms with E-state index in [4.69, 9.17) is 29.0 Å². The van der Waals surface area contributed by atoms with Crippen LogP contribution in [0.25, 0.3) is 44.7 Å². The van der Waals surface area contributed by atoms with Crippen LogP contribution >= 0.6 is 0 Å². The predicted octanol–water partition coefficient (Wildman–Crippen LogP) is 19.5. The Morgan fingerprint density at radius 2 is 0.803 bits per heavy atom. The van der Waals surface area contributed by atoms with Gasteiger partial charge in [-0.3, -0.25) is 29.3 Å². The largest absolute Gasteiger partial charge is 0.480 e. The molecule has 9 heterocycles. The number of ether oxygens (including phenoxy) is 4. The zero-order valence-electron chi connectivity index (χ0n) is 79.9. The molecule has 38 nitrogen and oxygen atoms in total. The first-order chi connectivity index (χ1) is 68.9. The quantitative estimate of drug-likeness (QED) is 0.0108. The summed E-state index contributed by atoms with van der Waals surface area (Å²) in [5, 5.41) is 60.9. The summed E-state index contributed by atoms with van der Waals surface area (Å²) in [4.78, 5) is 127. The summed E-state index contributed by atoms with van der Waals surface area (Å²) in [6.45, 7) is 12.6. The van der Waals surface area contributed by atoms with E-state index in [1.807, 2.05) is 56.0 Å². The molecule has 1 amide bonds. The highest BCUT2D eigenvalue weighted by molar-refractivity contribution is 5.91. The maximum Gasteiger partial charge on any atom is 0.417 e. The van der Waals surface area contributed by atoms with Gasteiger partial charge in [-0.25, -0.2) is 29.6 Å². The highest BCUT2D eigenvalue weighted by atomic mass is 16.6. The van der Waals surface area contributed by atoms with Crippen LogP contribution in [0.4, 0.5) is 45.9 Å². The molecule has 14 aromatic rings. The Morgan fingerprint density at radius 1 is 0.444 bits per heavy atom. The number of non-ortho nitro benzene ring substituents is 1. The van der Waals surface area contributed by atoms with Crippen molar-refractivity contribution in [2.24, 2.45) is 0 Å². The summed E-state index contributed by atoms with van der Waals surface area (Å²) in [6.07, 6.45) is 32.7. The maximum atomic E-state index is 13.6. The maximum absolute atomic E-state index is 13.6. The minimum Gasteiger partial charge on any atom is -0.480 e. The van der Waals surface area contributed by atoms with Crippen LogP contribution in [0.15, 0.2) is 190 Å². The number of hydrogen-bond donors (Lipinski definition) is 8. The van der Waals surface area contributed by atoms with Gasteiger partial charge in [-0.2, -0.15) is 39.9 Å². The number of nitrogens with one attached hydrogen (secondary N) is 4. The second kappa shape index (κ2) is 47.4. The molecule has 4 saturated carbocycles. The minimum absolute atomic E-state index is 0.0669. The number of carboxylic acids is 4. The van der Waals surface area contributed by atoms with Gasteiger partial charge >= 0.3 is 30.0 Å². The van der Waals surface area contributed by atoms with Crippen LogP contribution in [0, 0.1) is 10.1 Å². The minimum atomic E-state index is -1.04. The highest BCUT2D eigenvalue weighted by Crippen LogP contribution is 2.40. The van der Waals surface area contributed by atoms with E-state index >= 15 is 0 Å². The van der Waals surface area contributed by atoms with E-state index in [0.29, 0.717) is 150 Å². The molecule has 19 rings (SSSR count). The van der Waals surface area contributed by atoms with E-state index in [1.54, 1.807) is 6.08 Å². The molecule has 0 unspecified atom stereocenters. The number of nitro groups is 1. The smallest absolute Gasteiger partial charge is 0.417 e. The number of nitro benzene ring substituents is 1. The SMILES string of the molecule is C=CCNc1nc(NCc2ccc(C3CCCCC3)cc2)nc2c1ncn2CC(=O)O.CC(C)(C)OC(=O)N(Cc1ccc(C2CCCCC2)cc1)c1nc(N2CCOCC2)c2ncn(CC(=O)O)c2n1.O=C(O)Cn1cnc2c(Oc3ccc([N+](=O)[O-])cc3)nc(NCc3ccc(C4CCCCC4)cc3)nc21.O=C(O)Cn1cnc2c(Oc3ccccc3)nc(NCc3ccc(C4CCCCC4)cc3)nc21. The van der Waals surface area contributed by atoms with Gasteiger partial charge in [-0.1, -0.05) is 198 Å². The Morgan fingerprint density at radius 3 is 1.18 bits per heavy atom. The third-order valence-electron chi connectivity index (χ3n) is 25.7. The molecule has 8 N–H and O–H groups in total. The van der Waals surface area contributed by atoms with Crippen LogP contribution in [0.5, 0.6) is 23.3 Å². The van der Waals surface area contributed by atoms with Crippen molar-refractivity contribution in [2.75, 3.05) is 63.9 Å². The van der Waals surface area contributed by atoms with Crippen LogP contribution in [-0.4, -0.2) is 172 Å². The fraction of sp³-hybridized carbons (Fsp3) is 0.394. The average Bonchev–Trinajstić information content (AvgIpc) is 1.59. The number of aliphatic carboxylic acids is 4. The fourth-order valence-electron chi connectivity index (χ4n) is 18.5. The number of hydrogen-bond acceptors (Lipinski definition) is 28. The molecule has 0 atom stereocenters. The summed E-state index contributed by atoms with van der Waals surface area (Å²) >= 11 is 0. The van der Waals surface area contributed by atoms with Crippen molar-refractivity contribution >= 4 is 116 Å². The van der Waals surface area contributed by atoms with Crippen molar-refractivity contribution in [2.45, 2.75) is 231 Å². The van der Waals surface area contributed by atoms with Crippen LogP contribution in [0.1, 0.15) is 217 Å². The lowest BCUT2D eigenvalue weighted by Gasteiger charge is -2.30. The first-order valence-corrected chi connectivity index (χ1v) is 48.6. The second-order valence-corrected chi connectivity index (χ2v) is 37.2. The van der Waals surface area contributed by atoms with Gasteiger partial charge in [-0.05, 0) is 165 Å². The lowest BCUT2D eigenvalue weighted by molar-refractivity contribution is -0.384. The molecule has 38 heteroatoms. The number of amides is 1. The zero-order valence-corrected chi connectivity index (χ0v) is 79.9. The van der Waals surface area contributed by atoms with E-state index in [0.717, 1.165) is 22.3 Å². The first kappa shape index (κ1) is 99.4. The summed E-state index contributed by atoms with van der Waals surface area (Å²) in [5.41, 5.74) is 12.2. The summed E-state index contributed by atoms with van der Waals surface area (Å²) in [5.74, 6) is 2.14. The molecular formula is C104H119N23O15. The number of carboxylic acid groups (broad SMARTS) is 4. The molecule has 0 radical (unpaired) electrons. The number of aromatic nitrogens is 16. The first-order valence-electron chi connectivity index (χ1n) is 48.6. The van der Waals surface area contributed by atoms with Gasteiger partial charge in [-0.15, -0.1) is 6.58 Å². The van der Waals surface area contributed by atoms with Gasteiger partial charge < -0.3 is 83.8 Å². The van der Waals surface area contributed by atoms with Gasteiger partial charge in [0.15, 0.2) is 56.3 Å². The van der Waals surface area contributed by atoms with E-state index in [9.17, 15) is 49.4 Å². The predicted molar refractivity (Wildman–Crippen MR) is 537 cm³/mol. The Hall–Kier alpha value is -15.6. The van der Waals surface area contributed by atoms with Crippen molar-refractivity contribution in [1.29, 1.82) is 0 Å². The molecular weight excluding hydrogens is 1810 g/mol. The van der Waals surface area contributed by atoms with Gasteiger partial charge in [0.2, 0.25) is 23.8 Å². The van der Waals surface area contributed by atoms with E-state index < -0.39 is 40.5 Å². The third kappa shape index (κ3) is 26.7. The molecule has 0 spiro atoms. The lowest BCUT2D eigenvalue weighted by atomic mass is 9.84. The van der Waals surface area contributed by atoms with Crippen molar-refractivity contribution < 1.29 is 68.3 Å². The fourth-order valence-corrected chi connectivity index (χ4v) is 18.5. The van der Waals surface area contributed by atoms with Gasteiger partial charge in [0.1, 0.15) is 43.3 Å². The number of benzene rings is 6. The molecule has 1 aliphatic heterocycles. The summed E-state index contributed by atoms with van der Waals surface area (Å²) < 4.78 is 29.0. The van der Waals surface area contributed by atoms with E-state index in [-0.39, 0.29) is 67.6 Å².